The summed E-state index contributed by atoms with van der Waals surface area (Å²) in [7, 11) is 0. The highest BCUT2D eigenvalue weighted by molar-refractivity contribution is 5.96. The lowest BCUT2D eigenvalue weighted by Gasteiger charge is -2.34. The summed E-state index contributed by atoms with van der Waals surface area (Å²) in [5.41, 5.74) is 0.282. The van der Waals surface area contributed by atoms with Crippen molar-refractivity contribution >= 4 is 17.3 Å². The number of rotatable bonds is 3. The first-order chi connectivity index (χ1) is 12.3. The average molecular weight is 368 g/mol. The van der Waals surface area contributed by atoms with Crippen LogP contribution in [0.5, 0.6) is 0 Å². The third kappa shape index (κ3) is 4.51. The zero-order chi connectivity index (χ0) is 18.7. The number of alkyl halides is 3. The average Bonchev–Trinajstić information content (AvgIpc) is 2.62. The minimum absolute atomic E-state index is 0.0903. The minimum atomic E-state index is -4.42. The smallest absolute Gasteiger partial charge is 0.370 e. The Morgan fingerprint density at radius 1 is 1.08 bits per heavy atom. The number of amides is 1. The van der Waals surface area contributed by atoms with Gasteiger partial charge in [0.05, 0.1) is 16.9 Å². The van der Waals surface area contributed by atoms with E-state index < -0.39 is 11.7 Å². The van der Waals surface area contributed by atoms with Crippen molar-refractivity contribution in [2.75, 3.05) is 23.3 Å². The molecule has 0 unspecified atom stereocenters. The highest BCUT2D eigenvalue weighted by Gasteiger charge is 2.32. The summed E-state index contributed by atoms with van der Waals surface area (Å²) >= 11 is 0. The van der Waals surface area contributed by atoms with Gasteiger partial charge in [-0.25, -0.2) is 0 Å². The van der Waals surface area contributed by atoms with Crippen molar-refractivity contribution < 1.29 is 18.0 Å². The van der Waals surface area contributed by atoms with Gasteiger partial charge in [-0.1, -0.05) is 26.2 Å². The predicted molar refractivity (Wildman–Crippen MR) is 97.3 cm³/mol. The molecule has 0 aromatic heterocycles. The van der Waals surface area contributed by atoms with Crippen molar-refractivity contribution in [2.45, 2.75) is 58.0 Å². The van der Waals surface area contributed by atoms with Crippen molar-refractivity contribution in [3.63, 3.8) is 0 Å². The molecule has 1 saturated heterocycles. The normalized spacial score (nSPS) is 20.2. The van der Waals surface area contributed by atoms with E-state index in [1.54, 1.807) is 0 Å². The molecule has 144 valence electrons. The van der Waals surface area contributed by atoms with E-state index in [-0.39, 0.29) is 11.8 Å². The highest BCUT2D eigenvalue weighted by Crippen LogP contribution is 2.37. The van der Waals surface area contributed by atoms with Crippen LogP contribution in [-0.4, -0.2) is 19.0 Å². The molecule has 2 aliphatic rings. The van der Waals surface area contributed by atoms with Crippen LogP contribution in [0, 0.1) is 11.8 Å². The summed E-state index contributed by atoms with van der Waals surface area (Å²) in [6.45, 7) is 3.80. The van der Waals surface area contributed by atoms with Crippen LogP contribution in [0.1, 0.15) is 57.4 Å². The lowest BCUT2D eigenvalue weighted by atomic mass is 9.88. The molecular weight excluding hydrogens is 341 g/mol. The van der Waals surface area contributed by atoms with Gasteiger partial charge in [0.25, 0.3) is 0 Å². The van der Waals surface area contributed by atoms with Crippen LogP contribution in [-0.2, 0) is 11.0 Å². The Morgan fingerprint density at radius 2 is 1.73 bits per heavy atom. The van der Waals surface area contributed by atoms with Crippen LogP contribution >= 0.6 is 0 Å². The number of piperidine rings is 1. The predicted octanol–water partition coefficient (Wildman–Crippen LogP) is 5.46. The van der Waals surface area contributed by atoms with Crippen LogP contribution in [0.15, 0.2) is 18.2 Å². The van der Waals surface area contributed by atoms with Gasteiger partial charge < -0.3 is 10.2 Å². The lowest BCUT2D eigenvalue weighted by molar-refractivity contribution is -0.137. The molecular formula is C20H27F3N2O. The van der Waals surface area contributed by atoms with E-state index in [4.69, 9.17) is 0 Å². The van der Waals surface area contributed by atoms with Gasteiger partial charge in [-0.15, -0.1) is 0 Å². The molecule has 26 heavy (non-hydrogen) atoms. The van der Waals surface area contributed by atoms with Gasteiger partial charge in [-0.2, -0.15) is 13.2 Å². The summed E-state index contributed by atoms with van der Waals surface area (Å²) in [6.07, 6.45) is 2.40. The first-order valence-electron chi connectivity index (χ1n) is 9.61. The molecule has 1 aromatic rings. The maximum absolute atomic E-state index is 13.2. The number of hydrogen-bond acceptors (Lipinski definition) is 2. The number of nitrogens with one attached hydrogen (secondary N) is 1. The Balaban J connectivity index is 1.84. The number of hydrogen-bond donors (Lipinski definition) is 1. The molecule has 1 N–H and O–H groups in total. The van der Waals surface area contributed by atoms with Crippen LogP contribution in [0.4, 0.5) is 24.5 Å². The lowest BCUT2D eigenvalue weighted by Crippen LogP contribution is -2.34. The molecule has 6 heteroatoms. The molecule has 1 saturated carbocycles. The summed E-state index contributed by atoms with van der Waals surface area (Å²) < 4.78 is 39.5. The Hall–Kier alpha value is -1.72. The molecule has 3 nitrogen and oxygen atoms in total. The van der Waals surface area contributed by atoms with Gasteiger partial charge in [0.1, 0.15) is 0 Å². The molecule has 2 fully saturated rings. The zero-order valence-electron chi connectivity index (χ0n) is 15.2. The van der Waals surface area contributed by atoms with E-state index >= 15 is 0 Å². The second-order valence-electron chi connectivity index (χ2n) is 7.72. The first-order valence-corrected chi connectivity index (χ1v) is 9.61. The number of carbonyl (C=O) groups excluding carboxylic acids is 1. The largest absolute Gasteiger partial charge is 0.416 e. The van der Waals surface area contributed by atoms with E-state index in [0.717, 1.165) is 70.2 Å². The second-order valence-corrected chi connectivity index (χ2v) is 7.72. The highest BCUT2D eigenvalue weighted by atomic mass is 19.4. The van der Waals surface area contributed by atoms with Crippen molar-refractivity contribution in [3.8, 4) is 0 Å². The van der Waals surface area contributed by atoms with Crippen LogP contribution in [0.2, 0.25) is 0 Å². The van der Waals surface area contributed by atoms with Gasteiger partial charge in [-0.05, 0) is 49.8 Å². The number of benzene rings is 1. The molecule has 1 aromatic carbocycles. The monoisotopic (exact) mass is 368 g/mol. The Kier molecular flexibility index (Phi) is 5.78. The SMILES string of the molecule is CC1CCN(c2ccc(C(F)(F)F)cc2NC(=O)C2CCCCC2)CC1. The molecule has 1 aliphatic heterocycles. The molecule has 1 aliphatic carbocycles. The molecule has 3 rings (SSSR count). The second kappa shape index (κ2) is 7.89. The summed E-state index contributed by atoms with van der Waals surface area (Å²) in [5.74, 6) is 0.393. The van der Waals surface area contributed by atoms with E-state index in [0.29, 0.717) is 17.3 Å². The standard InChI is InChI=1S/C20H27F3N2O/c1-14-9-11-25(12-10-14)18-8-7-16(20(21,22)23)13-17(18)24-19(26)15-5-3-2-4-6-15/h7-8,13-15H,2-6,9-12H2,1H3,(H,24,26). The van der Waals surface area contributed by atoms with E-state index in [9.17, 15) is 18.0 Å². The van der Waals surface area contributed by atoms with Crippen LogP contribution in [0.3, 0.4) is 0 Å². The first kappa shape index (κ1) is 19.1. The Bertz CT molecular complexity index is 630. The summed E-state index contributed by atoms with van der Waals surface area (Å²) in [6, 6.07) is 3.72. The van der Waals surface area contributed by atoms with Crippen LogP contribution in [0.25, 0.3) is 0 Å². The molecule has 1 amide bonds. The molecule has 0 atom stereocenters. The van der Waals surface area contributed by atoms with Gasteiger partial charge in [0.15, 0.2) is 0 Å². The number of halogens is 3. The maximum Gasteiger partial charge on any atom is 0.416 e. The van der Waals surface area contributed by atoms with Crippen molar-refractivity contribution in [2.24, 2.45) is 11.8 Å². The quantitative estimate of drug-likeness (QED) is 0.768. The van der Waals surface area contributed by atoms with Gasteiger partial charge in [0.2, 0.25) is 5.91 Å². The van der Waals surface area contributed by atoms with Gasteiger partial charge >= 0.3 is 6.18 Å². The summed E-state index contributed by atoms with van der Waals surface area (Å²) in [5, 5.41) is 2.82. The number of nitrogens with zero attached hydrogens (tertiary/aromatic N) is 1. The third-order valence-corrected chi connectivity index (χ3v) is 5.68. The molecule has 0 spiro atoms. The molecule has 1 heterocycles. The Morgan fingerprint density at radius 3 is 2.35 bits per heavy atom. The third-order valence-electron chi connectivity index (χ3n) is 5.68. The van der Waals surface area contributed by atoms with Crippen molar-refractivity contribution in [1.29, 1.82) is 0 Å². The zero-order valence-corrected chi connectivity index (χ0v) is 15.2. The molecule has 0 bridgehead atoms. The minimum Gasteiger partial charge on any atom is -0.370 e. The van der Waals surface area contributed by atoms with E-state index in [1.807, 2.05) is 0 Å². The fourth-order valence-corrected chi connectivity index (χ4v) is 3.94. The van der Waals surface area contributed by atoms with E-state index in [2.05, 4.69) is 17.1 Å². The van der Waals surface area contributed by atoms with E-state index in [1.165, 1.54) is 6.07 Å². The number of carbonyl (C=O) groups is 1. The van der Waals surface area contributed by atoms with Gasteiger partial charge in [0, 0.05) is 19.0 Å². The Labute approximate surface area is 152 Å². The van der Waals surface area contributed by atoms with Crippen LogP contribution < -0.4 is 10.2 Å². The van der Waals surface area contributed by atoms with Crippen molar-refractivity contribution in [1.82, 2.24) is 0 Å². The maximum atomic E-state index is 13.2. The van der Waals surface area contributed by atoms with Crippen molar-refractivity contribution in [3.05, 3.63) is 23.8 Å². The fourth-order valence-electron chi connectivity index (χ4n) is 3.94. The fraction of sp³-hybridized carbons (Fsp3) is 0.650. The number of anilines is 2. The molecule has 0 radical (unpaired) electrons. The van der Waals surface area contributed by atoms with Gasteiger partial charge in [-0.3, -0.25) is 4.79 Å². The topological polar surface area (TPSA) is 32.3 Å². The summed E-state index contributed by atoms with van der Waals surface area (Å²) in [4.78, 5) is 14.7.